The number of aryl methyl sites for hydroxylation is 1. The van der Waals surface area contributed by atoms with Crippen LogP contribution in [0.25, 0.3) is 0 Å². The Morgan fingerprint density at radius 2 is 1.95 bits per heavy atom. The second-order valence-corrected chi connectivity index (χ2v) is 5.54. The molecule has 1 aromatic carbocycles. The van der Waals surface area contributed by atoms with Crippen molar-refractivity contribution >= 4 is 11.9 Å². The number of hydrogen-bond acceptors (Lipinski definition) is 3. The van der Waals surface area contributed by atoms with Gasteiger partial charge in [-0.3, -0.25) is 4.79 Å². The molecule has 21 heavy (non-hydrogen) atoms. The Hall–Kier alpha value is -1.88. The Morgan fingerprint density at radius 1 is 1.29 bits per heavy atom. The topological polar surface area (TPSA) is 66.8 Å². The lowest BCUT2D eigenvalue weighted by Crippen LogP contribution is -2.50. The summed E-state index contributed by atoms with van der Waals surface area (Å²) in [5.74, 6) is -0.811. The van der Waals surface area contributed by atoms with Gasteiger partial charge in [0.1, 0.15) is 0 Å². The summed E-state index contributed by atoms with van der Waals surface area (Å²) in [5, 5.41) is 8.85. The van der Waals surface area contributed by atoms with Gasteiger partial charge in [-0.1, -0.05) is 12.1 Å². The maximum atomic E-state index is 12.3. The number of benzene rings is 1. The molecular formula is C16H21NO4. The van der Waals surface area contributed by atoms with E-state index in [0.29, 0.717) is 26.0 Å². The van der Waals surface area contributed by atoms with Crippen molar-refractivity contribution in [2.45, 2.75) is 38.8 Å². The van der Waals surface area contributed by atoms with Crippen LogP contribution in [0.4, 0.5) is 0 Å². The van der Waals surface area contributed by atoms with Gasteiger partial charge in [0.25, 0.3) is 0 Å². The minimum Gasteiger partial charge on any atom is -0.478 e. The summed E-state index contributed by atoms with van der Waals surface area (Å²) < 4.78 is 5.52. The standard InChI is InChI=1S/C16H21NO4/c1-11-10-21-12(2)9-17(11)15(18)8-5-13-3-6-14(7-4-13)16(19)20/h3-4,6-7,11-12H,5,8-10H2,1-2H3,(H,19,20)/t11-,12-/m1/s1. The molecule has 1 aliphatic heterocycles. The molecule has 2 atom stereocenters. The number of nitrogens with zero attached hydrogens (tertiary/aromatic N) is 1. The number of carbonyl (C=O) groups excluding carboxylic acids is 1. The molecule has 1 N–H and O–H groups in total. The number of hydrogen-bond donors (Lipinski definition) is 1. The summed E-state index contributed by atoms with van der Waals surface area (Å²) in [6.07, 6.45) is 1.14. The zero-order valence-corrected chi connectivity index (χ0v) is 12.4. The molecule has 2 rings (SSSR count). The molecule has 0 unspecified atom stereocenters. The van der Waals surface area contributed by atoms with Crippen molar-refractivity contribution in [3.05, 3.63) is 35.4 Å². The minimum absolute atomic E-state index is 0.0833. The van der Waals surface area contributed by atoms with Gasteiger partial charge in [0.15, 0.2) is 0 Å². The Balaban J connectivity index is 1.89. The van der Waals surface area contributed by atoms with Crippen LogP contribution in [0.1, 0.15) is 36.2 Å². The molecule has 0 radical (unpaired) electrons. The molecule has 1 aromatic rings. The van der Waals surface area contributed by atoms with E-state index in [9.17, 15) is 9.59 Å². The highest BCUT2D eigenvalue weighted by Crippen LogP contribution is 2.14. The van der Waals surface area contributed by atoms with Gasteiger partial charge in [-0.2, -0.15) is 0 Å². The van der Waals surface area contributed by atoms with E-state index in [2.05, 4.69) is 0 Å². The van der Waals surface area contributed by atoms with Crippen molar-refractivity contribution in [1.82, 2.24) is 4.90 Å². The maximum absolute atomic E-state index is 12.3. The molecule has 0 saturated carbocycles. The maximum Gasteiger partial charge on any atom is 0.335 e. The monoisotopic (exact) mass is 291 g/mol. The first-order valence-corrected chi connectivity index (χ1v) is 7.20. The lowest BCUT2D eigenvalue weighted by Gasteiger charge is -2.36. The van der Waals surface area contributed by atoms with Gasteiger partial charge in [0.2, 0.25) is 5.91 Å². The lowest BCUT2D eigenvalue weighted by molar-refractivity contribution is -0.143. The fraction of sp³-hybridized carbons (Fsp3) is 0.500. The lowest BCUT2D eigenvalue weighted by atomic mass is 10.1. The van der Waals surface area contributed by atoms with Gasteiger partial charge in [-0.05, 0) is 38.0 Å². The van der Waals surface area contributed by atoms with E-state index in [-0.39, 0.29) is 23.6 Å². The van der Waals surface area contributed by atoms with Gasteiger partial charge in [-0.15, -0.1) is 0 Å². The van der Waals surface area contributed by atoms with E-state index in [1.165, 1.54) is 0 Å². The SMILES string of the molecule is C[C@@H]1CN(C(=O)CCc2ccc(C(=O)O)cc2)[C@H](C)CO1. The van der Waals surface area contributed by atoms with E-state index in [1.807, 2.05) is 18.7 Å². The van der Waals surface area contributed by atoms with Gasteiger partial charge in [0.05, 0.1) is 24.3 Å². The third-order valence-electron chi connectivity index (χ3n) is 3.76. The highest BCUT2D eigenvalue weighted by atomic mass is 16.5. The van der Waals surface area contributed by atoms with E-state index >= 15 is 0 Å². The zero-order valence-electron chi connectivity index (χ0n) is 12.4. The first kappa shape index (κ1) is 15.5. The van der Waals surface area contributed by atoms with E-state index < -0.39 is 5.97 Å². The molecule has 1 saturated heterocycles. The summed E-state index contributed by atoms with van der Waals surface area (Å²) in [6, 6.07) is 6.79. The third-order valence-corrected chi connectivity index (χ3v) is 3.76. The van der Waals surface area contributed by atoms with Crippen LogP contribution in [0.15, 0.2) is 24.3 Å². The minimum atomic E-state index is -0.936. The number of amides is 1. The first-order chi connectivity index (χ1) is 9.97. The summed E-state index contributed by atoms with van der Waals surface area (Å²) in [7, 11) is 0. The molecule has 0 spiro atoms. The molecule has 5 heteroatoms. The van der Waals surface area contributed by atoms with Crippen LogP contribution in [0, 0.1) is 0 Å². The number of carboxylic acid groups (broad SMARTS) is 1. The van der Waals surface area contributed by atoms with Crippen LogP contribution in [-0.2, 0) is 16.0 Å². The molecule has 1 aliphatic rings. The number of aromatic carboxylic acids is 1. The van der Waals surface area contributed by atoms with Gasteiger partial charge >= 0.3 is 5.97 Å². The third kappa shape index (κ3) is 4.04. The second-order valence-electron chi connectivity index (χ2n) is 5.54. The Kier molecular flexibility index (Phi) is 4.96. The Bertz CT molecular complexity index is 512. The largest absolute Gasteiger partial charge is 0.478 e. The fourth-order valence-electron chi connectivity index (χ4n) is 2.46. The van der Waals surface area contributed by atoms with Crippen LogP contribution >= 0.6 is 0 Å². The van der Waals surface area contributed by atoms with Crippen molar-refractivity contribution < 1.29 is 19.4 Å². The average Bonchev–Trinajstić information content (AvgIpc) is 2.47. The van der Waals surface area contributed by atoms with Crippen LogP contribution in [0.5, 0.6) is 0 Å². The van der Waals surface area contributed by atoms with Crippen molar-refractivity contribution in [1.29, 1.82) is 0 Å². The number of carbonyl (C=O) groups is 2. The van der Waals surface area contributed by atoms with E-state index in [0.717, 1.165) is 5.56 Å². The molecule has 5 nitrogen and oxygen atoms in total. The average molecular weight is 291 g/mol. The molecular weight excluding hydrogens is 270 g/mol. The molecule has 0 aromatic heterocycles. The normalized spacial score (nSPS) is 22.1. The Labute approximate surface area is 124 Å². The van der Waals surface area contributed by atoms with Gasteiger partial charge in [0, 0.05) is 13.0 Å². The van der Waals surface area contributed by atoms with Crippen LogP contribution in [0.2, 0.25) is 0 Å². The fourth-order valence-corrected chi connectivity index (χ4v) is 2.46. The van der Waals surface area contributed by atoms with Crippen molar-refractivity contribution in [3.8, 4) is 0 Å². The summed E-state index contributed by atoms with van der Waals surface area (Å²) in [5.41, 5.74) is 1.24. The molecule has 0 bridgehead atoms. The van der Waals surface area contributed by atoms with E-state index in [4.69, 9.17) is 9.84 Å². The Morgan fingerprint density at radius 3 is 2.57 bits per heavy atom. The van der Waals surface area contributed by atoms with Crippen LogP contribution in [0.3, 0.4) is 0 Å². The van der Waals surface area contributed by atoms with Crippen LogP contribution < -0.4 is 0 Å². The smallest absolute Gasteiger partial charge is 0.335 e. The van der Waals surface area contributed by atoms with Crippen molar-refractivity contribution in [2.75, 3.05) is 13.2 Å². The summed E-state index contributed by atoms with van der Waals surface area (Å²) in [6.45, 7) is 5.18. The highest BCUT2D eigenvalue weighted by molar-refractivity contribution is 5.87. The molecule has 1 fully saturated rings. The zero-order chi connectivity index (χ0) is 15.4. The number of rotatable bonds is 4. The summed E-state index contributed by atoms with van der Waals surface area (Å²) in [4.78, 5) is 24.9. The molecule has 1 amide bonds. The number of ether oxygens (including phenoxy) is 1. The predicted molar refractivity (Wildman–Crippen MR) is 78.3 cm³/mol. The van der Waals surface area contributed by atoms with Crippen molar-refractivity contribution in [2.24, 2.45) is 0 Å². The molecule has 0 aliphatic carbocycles. The molecule has 114 valence electrons. The quantitative estimate of drug-likeness (QED) is 0.920. The first-order valence-electron chi connectivity index (χ1n) is 7.20. The second kappa shape index (κ2) is 6.72. The van der Waals surface area contributed by atoms with Gasteiger partial charge in [-0.25, -0.2) is 4.79 Å². The summed E-state index contributed by atoms with van der Waals surface area (Å²) >= 11 is 0. The predicted octanol–water partition coefficient (Wildman–Crippen LogP) is 1.95. The molecule has 1 heterocycles. The van der Waals surface area contributed by atoms with Crippen LogP contribution in [-0.4, -0.2) is 47.2 Å². The number of morpholine rings is 1. The number of carboxylic acids is 1. The van der Waals surface area contributed by atoms with Crippen molar-refractivity contribution in [3.63, 3.8) is 0 Å². The highest BCUT2D eigenvalue weighted by Gasteiger charge is 2.26. The van der Waals surface area contributed by atoms with E-state index in [1.54, 1.807) is 24.3 Å². The van der Waals surface area contributed by atoms with Gasteiger partial charge < -0.3 is 14.7 Å².